The van der Waals surface area contributed by atoms with E-state index in [0.29, 0.717) is 17.1 Å². The number of aromatic nitrogens is 2. The Hall–Kier alpha value is -2.47. The first-order chi connectivity index (χ1) is 10.7. The summed E-state index contributed by atoms with van der Waals surface area (Å²) in [6.45, 7) is 2.02. The number of nitrogens with zero attached hydrogens (tertiary/aromatic N) is 2. The average Bonchev–Trinajstić information content (AvgIpc) is 2.59. The van der Waals surface area contributed by atoms with Gasteiger partial charge in [-0.3, -0.25) is 9.78 Å². The average molecular weight is 300 g/mol. The Kier molecular flexibility index (Phi) is 5.43. The van der Waals surface area contributed by atoms with Gasteiger partial charge in [0.2, 0.25) is 0 Å². The normalized spacial score (nSPS) is 11.8. The van der Waals surface area contributed by atoms with Crippen LogP contribution in [0.4, 0.5) is 5.82 Å². The van der Waals surface area contributed by atoms with E-state index < -0.39 is 0 Å². The maximum atomic E-state index is 11.7. The van der Waals surface area contributed by atoms with Gasteiger partial charge in [-0.15, -0.1) is 0 Å². The van der Waals surface area contributed by atoms with Gasteiger partial charge in [0.15, 0.2) is 0 Å². The molecule has 0 aliphatic heterocycles. The van der Waals surface area contributed by atoms with E-state index in [1.165, 1.54) is 0 Å². The number of nitrogens with one attached hydrogen (secondary N) is 2. The van der Waals surface area contributed by atoms with E-state index in [2.05, 4.69) is 20.6 Å². The summed E-state index contributed by atoms with van der Waals surface area (Å²) < 4.78 is 0. The van der Waals surface area contributed by atoms with E-state index >= 15 is 0 Å². The number of aliphatic hydroxyl groups excluding tert-OH is 1. The fourth-order valence-corrected chi connectivity index (χ4v) is 2.02. The summed E-state index contributed by atoms with van der Waals surface area (Å²) in [7, 11) is 1.60. The van der Waals surface area contributed by atoms with Gasteiger partial charge in [-0.05, 0) is 18.6 Å². The molecule has 1 heterocycles. The standard InChI is InChI=1S/C16H20N4O2/c1-3-13(10-21)19-15-9-18-8-14(20-15)11-5-4-6-12(7-11)16(22)17-2/h4-9,13,21H,3,10H2,1-2H3,(H,17,22)(H,19,20). The predicted molar refractivity (Wildman–Crippen MR) is 85.6 cm³/mol. The molecule has 0 spiro atoms. The first-order valence-corrected chi connectivity index (χ1v) is 7.19. The SMILES string of the molecule is CCC(CO)Nc1cncc(-c2cccc(C(=O)NC)c2)n1. The van der Waals surface area contributed by atoms with E-state index in [1.54, 1.807) is 31.6 Å². The Morgan fingerprint density at radius 2 is 2.18 bits per heavy atom. The Bertz CT molecular complexity index is 642. The van der Waals surface area contributed by atoms with E-state index in [0.717, 1.165) is 12.0 Å². The van der Waals surface area contributed by atoms with Crippen LogP contribution in [0, 0.1) is 0 Å². The first kappa shape index (κ1) is 15.9. The molecule has 0 fully saturated rings. The highest BCUT2D eigenvalue weighted by molar-refractivity contribution is 5.95. The van der Waals surface area contributed by atoms with Gasteiger partial charge in [0.05, 0.1) is 30.7 Å². The quantitative estimate of drug-likeness (QED) is 0.755. The Morgan fingerprint density at radius 3 is 2.86 bits per heavy atom. The molecule has 1 aromatic carbocycles. The monoisotopic (exact) mass is 300 g/mol. The number of carbonyl (C=O) groups excluding carboxylic acids is 1. The van der Waals surface area contributed by atoms with E-state index in [-0.39, 0.29) is 18.6 Å². The van der Waals surface area contributed by atoms with Crippen molar-refractivity contribution in [2.75, 3.05) is 19.0 Å². The van der Waals surface area contributed by atoms with Crippen molar-refractivity contribution in [1.82, 2.24) is 15.3 Å². The molecule has 0 aliphatic carbocycles. The number of anilines is 1. The zero-order valence-corrected chi connectivity index (χ0v) is 12.7. The smallest absolute Gasteiger partial charge is 0.251 e. The minimum atomic E-state index is -0.143. The Labute approximate surface area is 129 Å². The molecule has 0 saturated heterocycles. The highest BCUT2D eigenvalue weighted by Crippen LogP contribution is 2.19. The summed E-state index contributed by atoms with van der Waals surface area (Å²) in [5, 5.41) is 15.0. The minimum absolute atomic E-state index is 0.0363. The molecule has 0 saturated carbocycles. The van der Waals surface area contributed by atoms with Gasteiger partial charge in [0.1, 0.15) is 5.82 Å². The van der Waals surface area contributed by atoms with Crippen molar-refractivity contribution >= 4 is 11.7 Å². The first-order valence-electron chi connectivity index (χ1n) is 7.19. The molecule has 3 N–H and O–H groups in total. The van der Waals surface area contributed by atoms with Crippen molar-refractivity contribution in [1.29, 1.82) is 0 Å². The summed E-state index contributed by atoms with van der Waals surface area (Å²) in [6, 6.07) is 7.15. The molecule has 0 aliphatic rings. The van der Waals surface area contributed by atoms with Crippen LogP contribution in [0.15, 0.2) is 36.7 Å². The third kappa shape index (κ3) is 3.79. The molecule has 2 aromatic rings. The van der Waals surface area contributed by atoms with Crippen LogP contribution in [0.1, 0.15) is 23.7 Å². The van der Waals surface area contributed by atoms with E-state index in [9.17, 15) is 9.90 Å². The maximum absolute atomic E-state index is 11.7. The van der Waals surface area contributed by atoms with Gasteiger partial charge in [-0.1, -0.05) is 19.1 Å². The Morgan fingerprint density at radius 1 is 1.36 bits per heavy atom. The van der Waals surface area contributed by atoms with Crippen molar-refractivity contribution < 1.29 is 9.90 Å². The third-order valence-electron chi connectivity index (χ3n) is 3.35. The number of amides is 1. The van der Waals surface area contributed by atoms with Crippen molar-refractivity contribution in [2.24, 2.45) is 0 Å². The maximum Gasteiger partial charge on any atom is 0.251 e. The predicted octanol–water partition coefficient (Wildman–Crippen LogP) is 1.69. The largest absolute Gasteiger partial charge is 0.394 e. The van der Waals surface area contributed by atoms with Gasteiger partial charge in [-0.2, -0.15) is 0 Å². The van der Waals surface area contributed by atoms with E-state index in [1.807, 2.05) is 19.1 Å². The van der Waals surface area contributed by atoms with Crippen LogP contribution in [0.3, 0.4) is 0 Å². The number of rotatable bonds is 6. The third-order valence-corrected chi connectivity index (χ3v) is 3.35. The molecule has 6 nitrogen and oxygen atoms in total. The molecule has 0 bridgehead atoms. The number of benzene rings is 1. The zero-order valence-electron chi connectivity index (χ0n) is 12.7. The lowest BCUT2D eigenvalue weighted by Crippen LogP contribution is -2.23. The van der Waals surface area contributed by atoms with Crippen LogP contribution in [0.5, 0.6) is 0 Å². The summed E-state index contributed by atoms with van der Waals surface area (Å²) in [5.41, 5.74) is 2.06. The second-order valence-electron chi connectivity index (χ2n) is 4.88. The zero-order chi connectivity index (χ0) is 15.9. The van der Waals surface area contributed by atoms with Crippen molar-refractivity contribution in [2.45, 2.75) is 19.4 Å². The van der Waals surface area contributed by atoms with Gasteiger partial charge >= 0.3 is 0 Å². The molecular formula is C16H20N4O2. The van der Waals surface area contributed by atoms with Crippen molar-refractivity contribution in [3.8, 4) is 11.3 Å². The Balaban J connectivity index is 2.27. The fraction of sp³-hybridized carbons (Fsp3) is 0.312. The van der Waals surface area contributed by atoms with Crippen LogP contribution in [-0.2, 0) is 0 Å². The molecule has 1 amide bonds. The van der Waals surface area contributed by atoms with Crippen molar-refractivity contribution in [3.05, 3.63) is 42.2 Å². The van der Waals surface area contributed by atoms with Gasteiger partial charge in [-0.25, -0.2) is 4.98 Å². The molecule has 1 aromatic heterocycles. The summed E-state index contributed by atoms with van der Waals surface area (Å²) in [5.74, 6) is 0.458. The van der Waals surface area contributed by atoms with E-state index in [4.69, 9.17) is 0 Å². The van der Waals surface area contributed by atoms with Gasteiger partial charge in [0, 0.05) is 18.2 Å². The molecule has 1 atom stereocenters. The molecular weight excluding hydrogens is 280 g/mol. The second-order valence-corrected chi connectivity index (χ2v) is 4.88. The topological polar surface area (TPSA) is 87.1 Å². The molecule has 2 rings (SSSR count). The highest BCUT2D eigenvalue weighted by atomic mass is 16.3. The molecule has 116 valence electrons. The van der Waals surface area contributed by atoms with Crippen LogP contribution >= 0.6 is 0 Å². The number of carbonyl (C=O) groups is 1. The summed E-state index contributed by atoms with van der Waals surface area (Å²) in [6.07, 6.45) is 4.05. The molecule has 0 radical (unpaired) electrons. The van der Waals surface area contributed by atoms with Crippen LogP contribution in [-0.4, -0.2) is 40.7 Å². The number of hydrogen-bond acceptors (Lipinski definition) is 5. The second kappa shape index (κ2) is 7.51. The summed E-state index contributed by atoms with van der Waals surface area (Å²) in [4.78, 5) is 20.4. The molecule has 22 heavy (non-hydrogen) atoms. The van der Waals surface area contributed by atoms with Crippen LogP contribution in [0.2, 0.25) is 0 Å². The molecule has 6 heteroatoms. The minimum Gasteiger partial charge on any atom is -0.394 e. The van der Waals surface area contributed by atoms with Crippen LogP contribution < -0.4 is 10.6 Å². The lowest BCUT2D eigenvalue weighted by molar-refractivity contribution is 0.0963. The summed E-state index contributed by atoms with van der Waals surface area (Å²) >= 11 is 0. The van der Waals surface area contributed by atoms with Gasteiger partial charge < -0.3 is 15.7 Å². The molecule has 1 unspecified atom stereocenters. The lowest BCUT2D eigenvalue weighted by Gasteiger charge is -2.14. The highest BCUT2D eigenvalue weighted by Gasteiger charge is 2.09. The number of aliphatic hydroxyl groups is 1. The lowest BCUT2D eigenvalue weighted by atomic mass is 10.1. The van der Waals surface area contributed by atoms with Crippen LogP contribution in [0.25, 0.3) is 11.3 Å². The number of hydrogen-bond donors (Lipinski definition) is 3. The van der Waals surface area contributed by atoms with Crippen molar-refractivity contribution in [3.63, 3.8) is 0 Å². The fourth-order valence-electron chi connectivity index (χ4n) is 2.02. The van der Waals surface area contributed by atoms with Gasteiger partial charge in [0.25, 0.3) is 5.91 Å².